The van der Waals surface area contributed by atoms with Crippen molar-refractivity contribution < 1.29 is 0 Å². The number of nitrogens with zero attached hydrogens (tertiary/aromatic N) is 4. The monoisotopic (exact) mass is 300 g/mol. The van der Waals surface area contributed by atoms with Crippen LogP contribution in [0.25, 0.3) is 0 Å². The molecule has 22 heavy (non-hydrogen) atoms. The van der Waals surface area contributed by atoms with Gasteiger partial charge in [-0.05, 0) is 52.5 Å². The highest BCUT2D eigenvalue weighted by Crippen LogP contribution is 2.20. The molecule has 0 spiro atoms. The van der Waals surface area contributed by atoms with Gasteiger partial charge in [-0.3, -0.25) is 0 Å². The zero-order valence-corrected chi connectivity index (χ0v) is 13.7. The second-order valence-corrected chi connectivity index (χ2v) is 5.69. The normalized spacial score (nSPS) is 10.8. The van der Waals surface area contributed by atoms with Gasteiger partial charge in [0.25, 0.3) is 0 Å². The van der Waals surface area contributed by atoms with Crippen molar-refractivity contribution in [3.8, 4) is 0 Å². The van der Waals surface area contributed by atoms with Crippen LogP contribution in [-0.4, -0.2) is 47.3 Å². The lowest BCUT2D eigenvalue weighted by Gasteiger charge is -2.11. The van der Waals surface area contributed by atoms with Crippen LogP contribution < -0.4 is 10.6 Å². The van der Waals surface area contributed by atoms with E-state index in [1.807, 2.05) is 0 Å². The smallest absolute Gasteiger partial charge is 0.244 e. The predicted octanol–water partition coefficient (Wildman–Crippen LogP) is 2.60. The molecule has 0 saturated carbocycles. The quantitative estimate of drug-likeness (QED) is 0.766. The van der Waals surface area contributed by atoms with Crippen molar-refractivity contribution in [3.05, 3.63) is 35.5 Å². The van der Waals surface area contributed by atoms with Crippen molar-refractivity contribution in [2.45, 2.75) is 20.3 Å². The highest BCUT2D eigenvalue weighted by molar-refractivity contribution is 5.60. The number of anilines is 3. The van der Waals surface area contributed by atoms with Gasteiger partial charge in [0.1, 0.15) is 0 Å². The van der Waals surface area contributed by atoms with Crippen LogP contribution in [0.5, 0.6) is 0 Å². The van der Waals surface area contributed by atoms with E-state index in [0.717, 1.165) is 25.2 Å². The minimum Gasteiger partial charge on any atom is -0.353 e. The summed E-state index contributed by atoms with van der Waals surface area (Å²) >= 11 is 0. The highest BCUT2D eigenvalue weighted by Gasteiger charge is 2.03. The van der Waals surface area contributed by atoms with E-state index in [1.165, 1.54) is 11.1 Å². The van der Waals surface area contributed by atoms with Crippen molar-refractivity contribution in [2.24, 2.45) is 0 Å². The Morgan fingerprint density at radius 2 is 2.00 bits per heavy atom. The van der Waals surface area contributed by atoms with E-state index in [9.17, 15) is 0 Å². The lowest BCUT2D eigenvalue weighted by Crippen LogP contribution is -2.17. The van der Waals surface area contributed by atoms with Crippen LogP contribution in [0.4, 0.5) is 17.5 Å². The summed E-state index contributed by atoms with van der Waals surface area (Å²) in [5.74, 6) is 1.24. The molecule has 2 rings (SSSR count). The van der Waals surface area contributed by atoms with Gasteiger partial charge in [0, 0.05) is 12.2 Å². The summed E-state index contributed by atoms with van der Waals surface area (Å²) in [6, 6.07) is 6.26. The molecule has 6 heteroatoms. The van der Waals surface area contributed by atoms with E-state index >= 15 is 0 Å². The Hall–Kier alpha value is -2.21. The number of rotatable bonds is 7. The van der Waals surface area contributed by atoms with Crippen molar-refractivity contribution in [2.75, 3.05) is 37.8 Å². The van der Waals surface area contributed by atoms with Crippen LogP contribution >= 0.6 is 0 Å². The largest absolute Gasteiger partial charge is 0.353 e. The first-order valence-electron chi connectivity index (χ1n) is 7.47. The highest BCUT2D eigenvalue weighted by atomic mass is 15.3. The first-order chi connectivity index (χ1) is 10.5. The molecule has 0 fully saturated rings. The third-order valence-electron chi connectivity index (χ3n) is 3.27. The standard InChI is InChI=1S/C16H24N6/c1-12-6-7-14(13(2)10-12)19-15-11-18-21-16(20-15)17-8-5-9-22(3)4/h6-7,10-11H,5,8-9H2,1-4H3,(H2,17,19,20,21). The fraction of sp³-hybridized carbons (Fsp3) is 0.438. The number of aryl methyl sites for hydroxylation is 2. The summed E-state index contributed by atoms with van der Waals surface area (Å²) in [5.41, 5.74) is 3.45. The van der Waals surface area contributed by atoms with Crippen LogP contribution in [-0.2, 0) is 0 Å². The zero-order valence-electron chi connectivity index (χ0n) is 13.7. The minimum atomic E-state index is 0.550. The molecule has 0 saturated heterocycles. The summed E-state index contributed by atoms with van der Waals surface area (Å²) in [6.45, 7) is 6.01. The molecular formula is C16H24N6. The van der Waals surface area contributed by atoms with Gasteiger partial charge in [0.2, 0.25) is 5.95 Å². The first kappa shape index (κ1) is 16.2. The molecule has 1 aromatic carbocycles. The Kier molecular flexibility index (Phi) is 5.66. The van der Waals surface area contributed by atoms with Crippen molar-refractivity contribution in [3.63, 3.8) is 0 Å². The summed E-state index contributed by atoms with van der Waals surface area (Å²) in [4.78, 5) is 6.59. The maximum Gasteiger partial charge on any atom is 0.244 e. The van der Waals surface area contributed by atoms with Gasteiger partial charge in [0.15, 0.2) is 5.82 Å². The van der Waals surface area contributed by atoms with Crippen LogP contribution in [0.3, 0.4) is 0 Å². The van der Waals surface area contributed by atoms with E-state index < -0.39 is 0 Å². The summed E-state index contributed by atoms with van der Waals surface area (Å²) < 4.78 is 0. The van der Waals surface area contributed by atoms with Gasteiger partial charge < -0.3 is 15.5 Å². The van der Waals surface area contributed by atoms with Crippen LogP contribution in [0, 0.1) is 13.8 Å². The SMILES string of the molecule is Cc1ccc(Nc2cnnc(NCCCN(C)C)n2)c(C)c1. The number of nitrogens with one attached hydrogen (secondary N) is 2. The summed E-state index contributed by atoms with van der Waals surface area (Å²) in [7, 11) is 4.12. The first-order valence-corrected chi connectivity index (χ1v) is 7.47. The summed E-state index contributed by atoms with van der Waals surface area (Å²) in [6.07, 6.45) is 2.66. The Morgan fingerprint density at radius 1 is 1.18 bits per heavy atom. The molecule has 2 N–H and O–H groups in total. The molecular weight excluding hydrogens is 276 g/mol. The van der Waals surface area contributed by atoms with Gasteiger partial charge in [-0.25, -0.2) is 0 Å². The molecule has 0 unspecified atom stereocenters. The molecule has 0 radical (unpaired) electrons. The lowest BCUT2D eigenvalue weighted by atomic mass is 10.1. The fourth-order valence-corrected chi connectivity index (χ4v) is 2.13. The third kappa shape index (κ3) is 4.96. The van der Waals surface area contributed by atoms with E-state index in [2.05, 4.69) is 76.9 Å². The number of hydrogen-bond donors (Lipinski definition) is 2. The van der Waals surface area contributed by atoms with Gasteiger partial charge in [-0.2, -0.15) is 10.1 Å². The van der Waals surface area contributed by atoms with E-state index in [1.54, 1.807) is 6.20 Å². The van der Waals surface area contributed by atoms with Gasteiger partial charge in [0.05, 0.1) is 6.20 Å². The van der Waals surface area contributed by atoms with Crippen LogP contribution in [0.15, 0.2) is 24.4 Å². The van der Waals surface area contributed by atoms with Crippen LogP contribution in [0.2, 0.25) is 0 Å². The zero-order chi connectivity index (χ0) is 15.9. The van der Waals surface area contributed by atoms with Gasteiger partial charge >= 0.3 is 0 Å². The molecule has 0 aliphatic carbocycles. The van der Waals surface area contributed by atoms with Crippen LogP contribution in [0.1, 0.15) is 17.5 Å². The van der Waals surface area contributed by atoms with Gasteiger partial charge in [-0.15, -0.1) is 5.10 Å². The molecule has 0 atom stereocenters. The molecule has 6 nitrogen and oxygen atoms in total. The molecule has 2 aromatic rings. The third-order valence-corrected chi connectivity index (χ3v) is 3.27. The fourth-order valence-electron chi connectivity index (χ4n) is 2.13. The second kappa shape index (κ2) is 7.70. The summed E-state index contributed by atoms with van der Waals surface area (Å²) in [5, 5.41) is 14.5. The lowest BCUT2D eigenvalue weighted by molar-refractivity contribution is 0.405. The maximum absolute atomic E-state index is 4.44. The average Bonchev–Trinajstić information content (AvgIpc) is 2.47. The van der Waals surface area contributed by atoms with E-state index in [-0.39, 0.29) is 0 Å². The molecule has 0 bridgehead atoms. The van der Waals surface area contributed by atoms with E-state index in [4.69, 9.17) is 0 Å². The Morgan fingerprint density at radius 3 is 2.73 bits per heavy atom. The molecule has 0 aliphatic heterocycles. The van der Waals surface area contributed by atoms with Crippen molar-refractivity contribution in [1.29, 1.82) is 0 Å². The molecule has 1 aromatic heterocycles. The Bertz CT molecular complexity index is 611. The minimum absolute atomic E-state index is 0.550. The molecule has 118 valence electrons. The van der Waals surface area contributed by atoms with Crippen molar-refractivity contribution in [1.82, 2.24) is 20.1 Å². The average molecular weight is 300 g/mol. The predicted molar refractivity (Wildman–Crippen MR) is 90.7 cm³/mol. The van der Waals surface area contributed by atoms with Crippen molar-refractivity contribution >= 4 is 17.5 Å². The topological polar surface area (TPSA) is 66.0 Å². The van der Waals surface area contributed by atoms with E-state index in [0.29, 0.717) is 11.8 Å². The second-order valence-electron chi connectivity index (χ2n) is 5.69. The number of hydrogen-bond acceptors (Lipinski definition) is 6. The molecule has 1 heterocycles. The Labute approximate surface area is 132 Å². The van der Waals surface area contributed by atoms with Gasteiger partial charge in [-0.1, -0.05) is 17.7 Å². The number of benzene rings is 1. The molecule has 0 amide bonds. The Balaban J connectivity index is 1.96. The molecule has 0 aliphatic rings. The maximum atomic E-state index is 4.44. The number of aromatic nitrogens is 3.